The van der Waals surface area contributed by atoms with E-state index in [1.165, 1.54) is 18.7 Å². The Balaban J connectivity index is 3.19. The van der Waals surface area contributed by atoms with Crippen molar-refractivity contribution >= 4 is 21.4 Å². The fourth-order valence-electron chi connectivity index (χ4n) is 1.87. The number of anilines is 1. The van der Waals surface area contributed by atoms with Crippen molar-refractivity contribution in [2.45, 2.75) is 38.5 Å². The number of carbonyl (C=O) groups excluding carboxylic acids is 1. The Kier molecular flexibility index (Phi) is 5.53. The summed E-state index contributed by atoms with van der Waals surface area (Å²) >= 11 is 0. The van der Waals surface area contributed by atoms with E-state index in [0.717, 1.165) is 18.2 Å². The summed E-state index contributed by atoms with van der Waals surface area (Å²) in [5.41, 5.74) is 7.21. The van der Waals surface area contributed by atoms with Gasteiger partial charge in [0.1, 0.15) is 4.75 Å². The molecule has 0 saturated heterocycles. The van der Waals surface area contributed by atoms with Crippen LogP contribution < -0.4 is 10.6 Å². The number of hydrogen-bond donors (Lipinski definition) is 1. The number of carbonyl (C=O) groups is 1. The molecule has 0 aliphatic heterocycles. The van der Waals surface area contributed by atoms with E-state index in [1.54, 1.807) is 12.1 Å². The summed E-state index contributed by atoms with van der Waals surface area (Å²) in [7, 11) is -3.50. The Morgan fingerprint density at radius 2 is 1.76 bits per heavy atom. The van der Waals surface area contributed by atoms with Crippen molar-refractivity contribution in [1.29, 1.82) is 0 Å². The molecule has 1 aromatic rings. The standard InChI is InChI=1S/C15H24N2O3S/c1-5-10-17(13-8-6-12(11-16)7-9-13)14(18)15(2,3)21(4,19)20/h6-9H,5,10-11,16H2,1-4H3. The van der Waals surface area contributed by atoms with Crippen molar-refractivity contribution in [2.75, 3.05) is 17.7 Å². The lowest BCUT2D eigenvalue weighted by molar-refractivity contribution is -0.120. The van der Waals surface area contributed by atoms with E-state index in [0.29, 0.717) is 18.8 Å². The van der Waals surface area contributed by atoms with Gasteiger partial charge in [-0.1, -0.05) is 19.1 Å². The van der Waals surface area contributed by atoms with Gasteiger partial charge in [0.2, 0.25) is 5.91 Å². The van der Waals surface area contributed by atoms with Crippen LogP contribution in [0.15, 0.2) is 24.3 Å². The third-order valence-corrected chi connectivity index (χ3v) is 5.65. The maximum absolute atomic E-state index is 12.7. The van der Waals surface area contributed by atoms with E-state index >= 15 is 0 Å². The van der Waals surface area contributed by atoms with E-state index in [4.69, 9.17) is 5.73 Å². The number of sulfone groups is 1. The summed E-state index contributed by atoms with van der Waals surface area (Å²) in [6.07, 6.45) is 1.83. The first-order valence-corrected chi connectivity index (χ1v) is 8.84. The minimum atomic E-state index is -3.50. The van der Waals surface area contributed by atoms with E-state index in [-0.39, 0.29) is 0 Å². The first-order valence-electron chi connectivity index (χ1n) is 6.95. The monoisotopic (exact) mass is 312 g/mol. The highest BCUT2D eigenvalue weighted by molar-refractivity contribution is 7.92. The number of rotatable bonds is 6. The minimum Gasteiger partial charge on any atom is -0.326 e. The van der Waals surface area contributed by atoms with Gasteiger partial charge in [-0.05, 0) is 38.0 Å². The van der Waals surface area contributed by atoms with Crippen molar-refractivity contribution in [3.05, 3.63) is 29.8 Å². The van der Waals surface area contributed by atoms with Crippen LogP contribution in [0.5, 0.6) is 0 Å². The van der Waals surface area contributed by atoms with Crippen LogP contribution in [0, 0.1) is 0 Å². The van der Waals surface area contributed by atoms with Crippen LogP contribution in [0.4, 0.5) is 5.69 Å². The van der Waals surface area contributed by atoms with Crippen molar-refractivity contribution in [1.82, 2.24) is 0 Å². The van der Waals surface area contributed by atoms with Crippen LogP contribution in [0.25, 0.3) is 0 Å². The molecule has 6 heteroatoms. The maximum Gasteiger partial charge on any atom is 0.247 e. The summed E-state index contributed by atoms with van der Waals surface area (Å²) in [6, 6.07) is 7.29. The van der Waals surface area contributed by atoms with Crippen molar-refractivity contribution in [2.24, 2.45) is 5.73 Å². The first kappa shape index (κ1) is 17.7. The molecule has 21 heavy (non-hydrogen) atoms. The molecule has 1 amide bonds. The first-order chi connectivity index (χ1) is 9.65. The fourth-order valence-corrected chi connectivity index (χ4v) is 2.29. The van der Waals surface area contributed by atoms with Gasteiger partial charge in [0.25, 0.3) is 0 Å². The van der Waals surface area contributed by atoms with Gasteiger partial charge >= 0.3 is 0 Å². The number of benzene rings is 1. The van der Waals surface area contributed by atoms with Gasteiger partial charge in [-0.3, -0.25) is 4.79 Å². The summed E-state index contributed by atoms with van der Waals surface area (Å²) in [5, 5.41) is 0. The second-order valence-corrected chi connectivity index (χ2v) is 8.17. The summed E-state index contributed by atoms with van der Waals surface area (Å²) in [6.45, 7) is 5.74. The van der Waals surface area contributed by atoms with Crippen LogP contribution in [0.2, 0.25) is 0 Å². The third kappa shape index (κ3) is 3.83. The Morgan fingerprint density at radius 3 is 2.14 bits per heavy atom. The molecule has 0 spiro atoms. The van der Waals surface area contributed by atoms with Gasteiger partial charge in [0, 0.05) is 25.0 Å². The van der Waals surface area contributed by atoms with Gasteiger partial charge in [-0.25, -0.2) is 8.42 Å². The van der Waals surface area contributed by atoms with E-state index in [1.807, 2.05) is 19.1 Å². The average Bonchev–Trinajstić information content (AvgIpc) is 2.43. The molecule has 0 aliphatic rings. The fraction of sp³-hybridized carbons (Fsp3) is 0.533. The molecule has 0 bridgehead atoms. The molecule has 118 valence electrons. The zero-order valence-electron chi connectivity index (χ0n) is 13.1. The Bertz CT molecular complexity index is 592. The molecule has 2 N–H and O–H groups in total. The largest absolute Gasteiger partial charge is 0.326 e. The lowest BCUT2D eigenvalue weighted by Crippen LogP contribution is -2.50. The second kappa shape index (κ2) is 6.58. The highest BCUT2D eigenvalue weighted by Gasteiger charge is 2.41. The van der Waals surface area contributed by atoms with Crippen LogP contribution in [0.3, 0.4) is 0 Å². The molecule has 0 unspecified atom stereocenters. The van der Waals surface area contributed by atoms with Gasteiger partial charge in [0.05, 0.1) is 0 Å². The van der Waals surface area contributed by atoms with Gasteiger partial charge < -0.3 is 10.6 Å². The summed E-state index contributed by atoms with van der Waals surface area (Å²) in [5.74, 6) is -0.410. The second-order valence-electron chi connectivity index (χ2n) is 5.61. The SMILES string of the molecule is CCCN(C(=O)C(C)(C)S(C)(=O)=O)c1ccc(CN)cc1. The van der Waals surface area contributed by atoms with Crippen molar-refractivity contribution in [3.63, 3.8) is 0 Å². The van der Waals surface area contributed by atoms with Crippen molar-refractivity contribution < 1.29 is 13.2 Å². The quantitative estimate of drug-likeness (QED) is 0.867. The van der Waals surface area contributed by atoms with Gasteiger partial charge in [-0.2, -0.15) is 0 Å². The minimum absolute atomic E-state index is 0.410. The molecule has 0 radical (unpaired) electrons. The summed E-state index contributed by atoms with van der Waals surface area (Å²) < 4.78 is 22.3. The highest BCUT2D eigenvalue weighted by atomic mass is 32.2. The van der Waals surface area contributed by atoms with Crippen LogP contribution in [-0.4, -0.2) is 31.9 Å². The normalized spacial score (nSPS) is 12.2. The lowest BCUT2D eigenvalue weighted by Gasteiger charge is -2.30. The molecule has 0 atom stereocenters. The molecule has 1 rings (SSSR count). The van der Waals surface area contributed by atoms with E-state index < -0.39 is 20.5 Å². The number of nitrogens with zero attached hydrogens (tertiary/aromatic N) is 1. The van der Waals surface area contributed by atoms with Gasteiger partial charge in [0.15, 0.2) is 9.84 Å². The number of nitrogens with two attached hydrogens (primary N) is 1. The molecule has 0 aromatic heterocycles. The van der Waals surface area contributed by atoms with E-state index in [9.17, 15) is 13.2 Å². The maximum atomic E-state index is 12.7. The predicted octanol–water partition coefficient (Wildman–Crippen LogP) is 1.71. The Labute approximate surface area is 127 Å². The topological polar surface area (TPSA) is 80.5 Å². The van der Waals surface area contributed by atoms with Crippen LogP contribution in [-0.2, 0) is 21.2 Å². The Morgan fingerprint density at radius 1 is 1.24 bits per heavy atom. The van der Waals surface area contributed by atoms with Crippen molar-refractivity contribution in [3.8, 4) is 0 Å². The number of hydrogen-bond acceptors (Lipinski definition) is 4. The average molecular weight is 312 g/mol. The van der Waals surface area contributed by atoms with Gasteiger partial charge in [-0.15, -0.1) is 0 Å². The number of amides is 1. The van der Waals surface area contributed by atoms with Crippen LogP contribution >= 0.6 is 0 Å². The molecule has 5 nitrogen and oxygen atoms in total. The molecule has 0 saturated carbocycles. The molecule has 0 aliphatic carbocycles. The predicted molar refractivity (Wildman–Crippen MR) is 85.9 cm³/mol. The molecule has 0 fully saturated rings. The summed E-state index contributed by atoms with van der Waals surface area (Å²) in [4.78, 5) is 14.2. The van der Waals surface area contributed by atoms with E-state index in [2.05, 4.69) is 0 Å². The molecular formula is C15H24N2O3S. The molecule has 1 aromatic carbocycles. The zero-order chi connectivity index (χ0) is 16.3. The lowest BCUT2D eigenvalue weighted by atomic mass is 10.1. The molecule has 0 heterocycles. The smallest absolute Gasteiger partial charge is 0.247 e. The molecular weight excluding hydrogens is 288 g/mol. The van der Waals surface area contributed by atoms with Crippen LogP contribution in [0.1, 0.15) is 32.8 Å². The Hall–Kier alpha value is -1.40. The third-order valence-electron chi connectivity index (χ3n) is 3.62. The zero-order valence-corrected chi connectivity index (χ0v) is 13.9. The highest BCUT2D eigenvalue weighted by Crippen LogP contribution is 2.24.